The van der Waals surface area contributed by atoms with Crippen LogP contribution in [0.5, 0.6) is 0 Å². The number of esters is 1. The summed E-state index contributed by atoms with van der Waals surface area (Å²) < 4.78 is 8.88. The number of rotatable bonds is 4. The van der Waals surface area contributed by atoms with Gasteiger partial charge in [-0.15, -0.1) is 11.3 Å². The second-order valence-corrected chi connectivity index (χ2v) is 8.17. The van der Waals surface area contributed by atoms with E-state index in [0.717, 1.165) is 41.4 Å². The number of aryl methyl sites for hydroxylation is 3. The molecule has 28 heavy (non-hydrogen) atoms. The summed E-state index contributed by atoms with van der Waals surface area (Å²) >= 11 is 1.15. The van der Waals surface area contributed by atoms with Gasteiger partial charge in [-0.3, -0.25) is 14.2 Å². The lowest BCUT2D eigenvalue weighted by Gasteiger charge is -2.04. The van der Waals surface area contributed by atoms with Crippen LogP contribution in [0.4, 0.5) is 0 Å². The van der Waals surface area contributed by atoms with Crippen molar-refractivity contribution < 1.29 is 14.3 Å². The summed E-state index contributed by atoms with van der Waals surface area (Å²) in [5, 5.41) is 0.475. The van der Waals surface area contributed by atoms with Gasteiger partial charge >= 0.3 is 5.97 Å². The second-order valence-electron chi connectivity index (χ2n) is 7.17. The molecule has 0 bridgehead atoms. The van der Waals surface area contributed by atoms with Crippen molar-refractivity contribution >= 4 is 33.3 Å². The number of Topliss-reactive ketones (excluding diaryl/α,β-unsaturated/α-hetero) is 1. The smallest absolute Gasteiger partial charge is 0.349 e. The molecule has 146 valence electrons. The van der Waals surface area contributed by atoms with E-state index >= 15 is 0 Å². The van der Waals surface area contributed by atoms with Gasteiger partial charge in [0.2, 0.25) is 5.78 Å². The Labute approximate surface area is 165 Å². The molecule has 7 nitrogen and oxygen atoms in total. The third-order valence-electron chi connectivity index (χ3n) is 5.51. The number of carbonyl (C=O) groups is 2. The molecule has 0 saturated carbocycles. The zero-order valence-corrected chi connectivity index (χ0v) is 17.1. The van der Waals surface area contributed by atoms with E-state index in [1.165, 1.54) is 0 Å². The highest BCUT2D eigenvalue weighted by Gasteiger charge is 2.25. The topological polar surface area (TPSA) is 83.2 Å². The first kappa shape index (κ1) is 18.6. The molecule has 3 aromatic rings. The predicted octanol–water partition coefficient (Wildman–Crippen LogP) is 2.71. The van der Waals surface area contributed by atoms with Crippen LogP contribution in [0.1, 0.15) is 49.2 Å². The Morgan fingerprint density at radius 3 is 2.71 bits per heavy atom. The Balaban J connectivity index is 1.59. The third-order valence-corrected chi connectivity index (χ3v) is 6.67. The maximum Gasteiger partial charge on any atom is 0.349 e. The molecular weight excluding hydrogens is 378 g/mol. The number of ether oxygens (including phenoxy) is 1. The summed E-state index contributed by atoms with van der Waals surface area (Å²) in [5.74, 6) is -0.0713. The lowest BCUT2D eigenvalue weighted by Crippen LogP contribution is -2.20. The van der Waals surface area contributed by atoms with E-state index in [-0.39, 0.29) is 17.9 Å². The standard InChI is InChI=1S/C20H21N3O4S/c1-10-8-13(12(3)22(10)4)14(24)9-27-20(26)17-11(2)16-18(28-17)21-15-6-5-7-23(15)19(16)25/h8H,5-7,9H2,1-4H3. The summed E-state index contributed by atoms with van der Waals surface area (Å²) in [4.78, 5) is 43.2. The van der Waals surface area contributed by atoms with Gasteiger partial charge in [-0.05, 0) is 38.8 Å². The summed E-state index contributed by atoms with van der Waals surface area (Å²) in [5.41, 5.74) is 2.83. The number of carbonyl (C=O) groups excluding carboxylic acids is 2. The minimum atomic E-state index is -0.594. The Kier molecular flexibility index (Phi) is 4.45. The van der Waals surface area contributed by atoms with Crippen LogP contribution < -0.4 is 5.56 Å². The maximum atomic E-state index is 12.7. The third kappa shape index (κ3) is 2.79. The van der Waals surface area contributed by atoms with Crippen LogP contribution in [-0.4, -0.2) is 32.5 Å². The van der Waals surface area contributed by atoms with Gasteiger partial charge in [0.15, 0.2) is 6.61 Å². The summed E-state index contributed by atoms with van der Waals surface area (Å²) in [6.07, 6.45) is 1.68. The monoisotopic (exact) mass is 399 g/mol. The van der Waals surface area contributed by atoms with Gasteiger partial charge in [-0.1, -0.05) is 0 Å². The Hall–Kier alpha value is -2.74. The first-order chi connectivity index (χ1) is 13.3. The second kappa shape index (κ2) is 6.70. The van der Waals surface area contributed by atoms with E-state index in [9.17, 15) is 14.4 Å². The predicted molar refractivity (Wildman–Crippen MR) is 106 cm³/mol. The van der Waals surface area contributed by atoms with Crippen LogP contribution in [0.15, 0.2) is 10.9 Å². The number of hydrogen-bond acceptors (Lipinski definition) is 6. The first-order valence-electron chi connectivity index (χ1n) is 9.15. The Bertz CT molecular complexity index is 1200. The zero-order valence-electron chi connectivity index (χ0n) is 16.3. The van der Waals surface area contributed by atoms with E-state index < -0.39 is 5.97 Å². The molecule has 1 aliphatic heterocycles. The van der Waals surface area contributed by atoms with Gasteiger partial charge in [0.25, 0.3) is 5.56 Å². The van der Waals surface area contributed by atoms with Crippen LogP contribution >= 0.6 is 11.3 Å². The summed E-state index contributed by atoms with van der Waals surface area (Å²) in [6.45, 7) is 5.83. The molecule has 0 saturated heterocycles. The molecule has 0 amide bonds. The molecule has 0 radical (unpaired) electrons. The van der Waals surface area contributed by atoms with Gasteiger partial charge in [-0.2, -0.15) is 0 Å². The van der Waals surface area contributed by atoms with Gasteiger partial charge < -0.3 is 9.30 Å². The van der Waals surface area contributed by atoms with Gasteiger partial charge in [0, 0.05) is 37.0 Å². The fourth-order valence-electron chi connectivity index (χ4n) is 3.68. The summed E-state index contributed by atoms with van der Waals surface area (Å²) in [6, 6.07) is 1.79. The number of nitrogens with zero attached hydrogens (tertiary/aromatic N) is 3. The van der Waals surface area contributed by atoms with Crippen molar-refractivity contribution in [2.24, 2.45) is 7.05 Å². The molecule has 3 aromatic heterocycles. The molecule has 0 aromatic carbocycles. The minimum Gasteiger partial charge on any atom is -0.453 e. The van der Waals surface area contributed by atoms with E-state index in [2.05, 4.69) is 4.98 Å². The van der Waals surface area contributed by atoms with Crippen molar-refractivity contribution in [3.8, 4) is 0 Å². The van der Waals surface area contributed by atoms with E-state index in [1.54, 1.807) is 17.6 Å². The van der Waals surface area contributed by atoms with E-state index in [1.807, 2.05) is 25.5 Å². The molecular formula is C20H21N3O4S. The average Bonchev–Trinajstić information content (AvgIpc) is 3.33. The van der Waals surface area contributed by atoms with Crippen molar-refractivity contribution in [2.75, 3.05) is 6.61 Å². The average molecular weight is 399 g/mol. The summed E-state index contributed by atoms with van der Waals surface area (Å²) in [7, 11) is 1.89. The molecule has 0 fully saturated rings. The lowest BCUT2D eigenvalue weighted by atomic mass is 10.1. The van der Waals surface area contributed by atoms with Gasteiger partial charge in [-0.25, -0.2) is 9.78 Å². The first-order valence-corrected chi connectivity index (χ1v) is 9.97. The van der Waals surface area contributed by atoms with Gasteiger partial charge in [0.1, 0.15) is 15.5 Å². The van der Waals surface area contributed by atoms with Crippen molar-refractivity contribution in [3.63, 3.8) is 0 Å². The maximum absolute atomic E-state index is 12.7. The number of thiophene rings is 1. The van der Waals surface area contributed by atoms with Crippen molar-refractivity contribution in [1.29, 1.82) is 0 Å². The van der Waals surface area contributed by atoms with E-state index in [4.69, 9.17) is 4.74 Å². The highest BCUT2D eigenvalue weighted by molar-refractivity contribution is 7.20. The quantitative estimate of drug-likeness (QED) is 0.498. The molecule has 4 rings (SSSR count). The number of hydrogen-bond donors (Lipinski definition) is 0. The number of ketones is 1. The van der Waals surface area contributed by atoms with Crippen LogP contribution in [0.2, 0.25) is 0 Å². The van der Waals surface area contributed by atoms with Crippen molar-refractivity contribution in [1.82, 2.24) is 14.1 Å². The fourth-order valence-corrected chi connectivity index (χ4v) is 4.77. The molecule has 0 atom stereocenters. The molecule has 0 unspecified atom stereocenters. The lowest BCUT2D eigenvalue weighted by molar-refractivity contribution is 0.0479. The largest absolute Gasteiger partial charge is 0.453 e. The Morgan fingerprint density at radius 2 is 2.04 bits per heavy atom. The molecule has 1 aliphatic rings. The highest BCUT2D eigenvalue weighted by Crippen LogP contribution is 2.29. The zero-order chi connectivity index (χ0) is 20.2. The van der Waals surface area contributed by atoms with Crippen molar-refractivity contribution in [2.45, 2.75) is 40.2 Å². The van der Waals surface area contributed by atoms with Crippen LogP contribution in [0, 0.1) is 20.8 Å². The minimum absolute atomic E-state index is 0.100. The van der Waals surface area contributed by atoms with E-state index in [0.29, 0.717) is 32.8 Å². The normalized spacial score (nSPS) is 13.1. The molecule has 4 heterocycles. The highest BCUT2D eigenvalue weighted by atomic mass is 32.1. The number of aromatic nitrogens is 3. The molecule has 0 spiro atoms. The van der Waals surface area contributed by atoms with Crippen LogP contribution in [0.25, 0.3) is 10.2 Å². The molecule has 8 heteroatoms. The molecule has 0 aliphatic carbocycles. The van der Waals surface area contributed by atoms with Gasteiger partial charge in [0.05, 0.1) is 5.39 Å². The van der Waals surface area contributed by atoms with Crippen LogP contribution in [0.3, 0.4) is 0 Å². The fraction of sp³-hybridized carbons (Fsp3) is 0.400. The number of fused-ring (bicyclic) bond motifs is 2. The Morgan fingerprint density at radius 1 is 1.29 bits per heavy atom. The van der Waals surface area contributed by atoms with Crippen molar-refractivity contribution in [3.05, 3.63) is 49.6 Å². The SMILES string of the molecule is Cc1c(C(=O)OCC(=O)c2cc(C)n(C)c2C)sc2nc3n(c(=O)c12)CCC3. The van der Waals surface area contributed by atoms with Crippen LogP contribution in [-0.2, 0) is 24.8 Å². The molecule has 0 N–H and O–H groups in total.